The maximum atomic E-state index is 12.3. The van der Waals surface area contributed by atoms with Crippen LogP contribution >= 0.6 is 0 Å². The van der Waals surface area contributed by atoms with Gasteiger partial charge in [0.2, 0.25) is 11.8 Å². The molecular formula is C18H27N5O2. The maximum absolute atomic E-state index is 12.3. The van der Waals surface area contributed by atoms with Gasteiger partial charge >= 0.3 is 0 Å². The zero-order chi connectivity index (χ0) is 17.5. The second kappa shape index (κ2) is 8.80. The molecule has 0 atom stereocenters. The maximum Gasteiger partial charge on any atom is 0.224 e. The summed E-state index contributed by atoms with van der Waals surface area (Å²) in [6.45, 7) is 5.24. The molecule has 136 valence electrons. The standard InChI is InChI=1S/C18H27N5O2/c24-17(6-10-21-18(25)15-4-8-19-9-5-15)23-13-11-22(12-14-23)16-3-1-2-7-20-16/h1-3,7,15,19H,4-6,8-14H2,(H,21,25). The summed E-state index contributed by atoms with van der Waals surface area (Å²) in [5.41, 5.74) is 0. The number of hydrogen-bond donors (Lipinski definition) is 2. The summed E-state index contributed by atoms with van der Waals surface area (Å²) in [6, 6.07) is 5.88. The van der Waals surface area contributed by atoms with E-state index in [0.717, 1.165) is 44.8 Å². The van der Waals surface area contributed by atoms with Crippen molar-refractivity contribution in [2.75, 3.05) is 50.7 Å². The molecule has 2 aliphatic rings. The molecule has 0 aliphatic carbocycles. The van der Waals surface area contributed by atoms with Gasteiger partial charge in [-0.1, -0.05) is 6.07 Å². The van der Waals surface area contributed by atoms with Crippen LogP contribution in [0.15, 0.2) is 24.4 Å². The van der Waals surface area contributed by atoms with Crippen LogP contribution in [0, 0.1) is 5.92 Å². The normalized spacial score (nSPS) is 18.9. The summed E-state index contributed by atoms with van der Waals surface area (Å²) in [5.74, 6) is 1.27. The number of piperazine rings is 1. The number of hydrogen-bond acceptors (Lipinski definition) is 5. The lowest BCUT2D eigenvalue weighted by molar-refractivity contribution is -0.131. The molecule has 25 heavy (non-hydrogen) atoms. The van der Waals surface area contributed by atoms with Crippen LogP contribution in [0.2, 0.25) is 0 Å². The van der Waals surface area contributed by atoms with Crippen molar-refractivity contribution in [3.05, 3.63) is 24.4 Å². The first-order valence-electron chi connectivity index (χ1n) is 9.16. The molecule has 0 unspecified atom stereocenters. The topological polar surface area (TPSA) is 77.6 Å². The van der Waals surface area contributed by atoms with Crippen LogP contribution in [0.5, 0.6) is 0 Å². The minimum Gasteiger partial charge on any atom is -0.355 e. The number of amides is 2. The molecule has 1 aromatic heterocycles. The van der Waals surface area contributed by atoms with Crippen molar-refractivity contribution in [3.8, 4) is 0 Å². The molecule has 7 nitrogen and oxygen atoms in total. The number of rotatable bonds is 5. The molecule has 3 heterocycles. The van der Waals surface area contributed by atoms with Gasteiger partial charge in [0.15, 0.2) is 0 Å². The van der Waals surface area contributed by atoms with Gasteiger partial charge in [-0.3, -0.25) is 9.59 Å². The summed E-state index contributed by atoms with van der Waals surface area (Å²) < 4.78 is 0. The average molecular weight is 345 g/mol. The van der Waals surface area contributed by atoms with Gasteiger partial charge in [-0.15, -0.1) is 0 Å². The van der Waals surface area contributed by atoms with Crippen molar-refractivity contribution in [1.29, 1.82) is 0 Å². The Balaban J connectivity index is 1.36. The number of anilines is 1. The van der Waals surface area contributed by atoms with E-state index in [-0.39, 0.29) is 17.7 Å². The van der Waals surface area contributed by atoms with Crippen LogP contribution in [-0.4, -0.2) is 67.5 Å². The number of carbonyl (C=O) groups is 2. The highest BCUT2D eigenvalue weighted by atomic mass is 16.2. The fraction of sp³-hybridized carbons (Fsp3) is 0.611. The molecule has 2 aliphatic heterocycles. The van der Waals surface area contributed by atoms with Crippen molar-refractivity contribution in [2.24, 2.45) is 5.92 Å². The second-order valence-corrected chi connectivity index (χ2v) is 6.62. The Morgan fingerprint density at radius 3 is 2.60 bits per heavy atom. The summed E-state index contributed by atoms with van der Waals surface area (Å²) in [4.78, 5) is 32.8. The first kappa shape index (κ1) is 17.7. The zero-order valence-corrected chi connectivity index (χ0v) is 14.6. The molecule has 0 spiro atoms. The van der Waals surface area contributed by atoms with E-state index in [2.05, 4.69) is 20.5 Å². The summed E-state index contributed by atoms with van der Waals surface area (Å²) in [5, 5.41) is 6.18. The predicted octanol–water partition coefficient (Wildman–Crippen LogP) is 0.236. The SMILES string of the molecule is O=C(NCCC(=O)N1CCN(c2ccccn2)CC1)C1CCNCC1. The van der Waals surface area contributed by atoms with Crippen LogP contribution in [0.4, 0.5) is 5.82 Å². The highest BCUT2D eigenvalue weighted by Gasteiger charge is 2.23. The Morgan fingerprint density at radius 2 is 1.92 bits per heavy atom. The van der Waals surface area contributed by atoms with Crippen LogP contribution in [0.1, 0.15) is 19.3 Å². The Labute approximate surface area is 148 Å². The summed E-state index contributed by atoms with van der Waals surface area (Å²) >= 11 is 0. The first-order chi connectivity index (χ1) is 12.2. The molecule has 2 fully saturated rings. The lowest BCUT2D eigenvalue weighted by Gasteiger charge is -2.35. The number of pyridine rings is 1. The average Bonchev–Trinajstić information content (AvgIpc) is 2.69. The van der Waals surface area contributed by atoms with E-state index in [4.69, 9.17) is 0 Å². The summed E-state index contributed by atoms with van der Waals surface area (Å²) in [6.07, 6.45) is 3.93. The van der Waals surface area contributed by atoms with Gasteiger partial charge in [-0.05, 0) is 38.1 Å². The molecule has 1 aromatic rings. The minimum absolute atomic E-state index is 0.0919. The lowest BCUT2D eigenvalue weighted by Crippen LogP contribution is -2.49. The van der Waals surface area contributed by atoms with Crippen LogP contribution in [0.25, 0.3) is 0 Å². The number of carbonyl (C=O) groups excluding carboxylic acids is 2. The van der Waals surface area contributed by atoms with Crippen LogP contribution < -0.4 is 15.5 Å². The quantitative estimate of drug-likeness (QED) is 0.799. The number of nitrogens with zero attached hydrogens (tertiary/aromatic N) is 3. The Hall–Kier alpha value is -2.15. The van der Waals surface area contributed by atoms with Gasteiger partial charge in [0, 0.05) is 51.3 Å². The van der Waals surface area contributed by atoms with E-state index in [0.29, 0.717) is 26.1 Å². The zero-order valence-electron chi connectivity index (χ0n) is 14.6. The van der Waals surface area contributed by atoms with Crippen molar-refractivity contribution in [3.63, 3.8) is 0 Å². The lowest BCUT2D eigenvalue weighted by atomic mass is 9.97. The molecule has 3 rings (SSSR count). The molecule has 0 saturated carbocycles. The molecule has 0 bridgehead atoms. The number of nitrogens with one attached hydrogen (secondary N) is 2. The largest absolute Gasteiger partial charge is 0.355 e. The van der Waals surface area contributed by atoms with Gasteiger partial charge in [-0.2, -0.15) is 0 Å². The molecule has 2 saturated heterocycles. The van der Waals surface area contributed by atoms with E-state index < -0.39 is 0 Å². The van der Waals surface area contributed by atoms with E-state index in [9.17, 15) is 9.59 Å². The van der Waals surface area contributed by atoms with Crippen LogP contribution in [0.3, 0.4) is 0 Å². The highest BCUT2D eigenvalue weighted by Crippen LogP contribution is 2.13. The van der Waals surface area contributed by atoms with Crippen molar-refractivity contribution < 1.29 is 9.59 Å². The van der Waals surface area contributed by atoms with E-state index in [1.807, 2.05) is 23.1 Å². The van der Waals surface area contributed by atoms with Gasteiger partial charge < -0.3 is 20.4 Å². The van der Waals surface area contributed by atoms with E-state index >= 15 is 0 Å². The molecule has 2 N–H and O–H groups in total. The molecule has 2 amide bonds. The first-order valence-corrected chi connectivity index (χ1v) is 9.16. The van der Waals surface area contributed by atoms with E-state index in [1.54, 1.807) is 6.20 Å². The summed E-state index contributed by atoms with van der Waals surface area (Å²) in [7, 11) is 0. The predicted molar refractivity (Wildman–Crippen MR) is 96.3 cm³/mol. The molecule has 0 aromatic carbocycles. The fourth-order valence-corrected chi connectivity index (χ4v) is 3.40. The second-order valence-electron chi connectivity index (χ2n) is 6.62. The van der Waals surface area contributed by atoms with Gasteiger partial charge in [-0.25, -0.2) is 4.98 Å². The van der Waals surface area contributed by atoms with Gasteiger partial charge in [0.25, 0.3) is 0 Å². The fourth-order valence-electron chi connectivity index (χ4n) is 3.40. The van der Waals surface area contributed by atoms with Crippen molar-refractivity contribution in [1.82, 2.24) is 20.5 Å². The van der Waals surface area contributed by atoms with Gasteiger partial charge in [0.1, 0.15) is 5.82 Å². The molecule has 0 radical (unpaired) electrons. The van der Waals surface area contributed by atoms with Gasteiger partial charge in [0.05, 0.1) is 0 Å². The third kappa shape index (κ3) is 4.92. The highest BCUT2D eigenvalue weighted by molar-refractivity contribution is 5.80. The Kier molecular flexibility index (Phi) is 6.22. The Bertz CT molecular complexity index is 566. The molecular weight excluding hydrogens is 318 g/mol. The van der Waals surface area contributed by atoms with Crippen molar-refractivity contribution >= 4 is 17.6 Å². The smallest absolute Gasteiger partial charge is 0.224 e. The molecule has 7 heteroatoms. The number of aromatic nitrogens is 1. The van der Waals surface area contributed by atoms with Crippen LogP contribution in [-0.2, 0) is 9.59 Å². The van der Waals surface area contributed by atoms with Crippen molar-refractivity contribution in [2.45, 2.75) is 19.3 Å². The number of piperidine rings is 1. The monoisotopic (exact) mass is 345 g/mol. The minimum atomic E-state index is 0.0919. The van der Waals surface area contributed by atoms with E-state index in [1.165, 1.54) is 0 Å². The Morgan fingerprint density at radius 1 is 1.16 bits per heavy atom. The third-order valence-electron chi connectivity index (χ3n) is 4.95. The third-order valence-corrected chi connectivity index (χ3v) is 4.95.